The number of nitrogens with two attached hydrogens (primary N) is 2. The summed E-state index contributed by atoms with van der Waals surface area (Å²) in [5.41, 5.74) is 11.3. The first-order valence-corrected chi connectivity index (χ1v) is 5.96. The highest BCUT2D eigenvalue weighted by Gasteiger charge is 2.04. The van der Waals surface area contributed by atoms with Crippen molar-refractivity contribution in [1.29, 1.82) is 0 Å². The van der Waals surface area contributed by atoms with Crippen molar-refractivity contribution >= 4 is 28.4 Å². The molecule has 8 nitrogen and oxygen atoms in total. The zero-order chi connectivity index (χ0) is 14.5. The second-order valence-corrected chi connectivity index (χ2v) is 4.14. The number of nitrogens with one attached hydrogen (secondary N) is 2. The fourth-order valence-electron chi connectivity index (χ4n) is 1.65. The summed E-state index contributed by atoms with van der Waals surface area (Å²) in [5.74, 6) is -0.199. The SMILES string of the molecule is NC(=O)COCCNc1nc2ccc(N)cc2c(=O)[nH]1. The average molecular weight is 277 g/mol. The first-order chi connectivity index (χ1) is 9.56. The lowest BCUT2D eigenvalue weighted by molar-refractivity contribution is -0.122. The molecule has 0 saturated carbocycles. The maximum absolute atomic E-state index is 11.8. The second kappa shape index (κ2) is 6.02. The van der Waals surface area contributed by atoms with Gasteiger partial charge in [0.05, 0.1) is 17.5 Å². The highest BCUT2D eigenvalue weighted by Crippen LogP contribution is 2.12. The number of anilines is 2. The van der Waals surface area contributed by atoms with Crippen LogP contribution in [0.1, 0.15) is 0 Å². The predicted octanol–water partition coefficient (Wildman–Crippen LogP) is -0.581. The van der Waals surface area contributed by atoms with E-state index in [-0.39, 0.29) is 18.8 Å². The quantitative estimate of drug-likeness (QED) is 0.412. The minimum absolute atomic E-state index is 0.136. The molecule has 2 rings (SSSR count). The third-order valence-electron chi connectivity index (χ3n) is 2.51. The summed E-state index contributed by atoms with van der Waals surface area (Å²) >= 11 is 0. The number of benzene rings is 1. The number of nitrogens with zero attached hydrogens (tertiary/aromatic N) is 1. The van der Waals surface area contributed by atoms with Gasteiger partial charge in [-0.05, 0) is 18.2 Å². The molecule has 2 aromatic rings. The number of H-pyrrole nitrogens is 1. The van der Waals surface area contributed by atoms with Crippen LogP contribution < -0.4 is 22.3 Å². The lowest BCUT2D eigenvalue weighted by Gasteiger charge is -2.06. The Kier molecular flexibility index (Phi) is 4.16. The number of carbonyl (C=O) groups is 1. The van der Waals surface area contributed by atoms with Gasteiger partial charge in [-0.3, -0.25) is 14.6 Å². The van der Waals surface area contributed by atoms with E-state index in [9.17, 15) is 9.59 Å². The Bertz CT molecular complexity index is 682. The van der Waals surface area contributed by atoms with Crippen LogP contribution in [0, 0.1) is 0 Å². The van der Waals surface area contributed by atoms with Crippen molar-refractivity contribution in [2.75, 3.05) is 30.8 Å². The van der Waals surface area contributed by atoms with E-state index < -0.39 is 5.91 Å². The average Bonchev–Trinajstić information content (AvgIpc) is 2.39. The van der Waals surface area contributed by atoms with E-state index in [4.69, 9.17) is 16.2 Å². The van der Waals surface area contributed by atoms with Crippen molar-refractivity contribution in [3.05, 3.63) is 28.6 Å². The number of hydrogen-bond acceptors (Lipinski definition) is 6. The van der Waals surface area contributed by atoms with Crippen LogP contribution in [-0.4, -0.2) is 35.6 Å². The van der Waals surface area contributed by atoms with Gasteiger partial charge in [0.2, 0.25) is 11.9 Å². The maximum Gasteiger partial charge on any atom is 0.260 e. The van der Waals surface area contributed by atoms with Crippen LogP contribution in [0.15, 0.2) is 23.0 Å². The van der Waals surface area contributed by atoms with E-state index in [0.29, 0.717) is 29.1 Å². The van der Waals surface area contributed by atoms with Gasteiger partial charge in [-0.2, -0.15) is 0 Å². The molecule has 0 fully saturated rings. The molecule has 1 aromatic heterocycles. The number of fused-ring (bicyclic) bond motifs is 1. The van der Waals surface area contributed by atoms with Crippen molar-refractivity contribution in [1.82, 2.24) is 9.97 Å². The number of aromatic amines is 1. The van der Waals surface area contributed by atoms with Gasteiger partial charge >= 0.3 is 0 Å². The Morgan fingerprint density at radius 2 is 2.25 bits per heavy atom. The molecule has 1 aromatic carbocycles. The lowest BCUT2D eigenvalue weighted by Crippen LogP contribution is -2.21. The highest BCUT2D eigenvalue weighted by atomic mass is 16.5. The molecule has 0 spiro atoms. The van der Waals surface area contributed by atoms with Crippen LogP contribution in [0.25, 0.3) is 10.9 Å². The lowest BCUT2D eigenvalue weighted by atomic mass is 10.2. The van der Waals surface area contributed by atoms with Gasteiger partial charge < -0.3 is 21.5 Å². The normalized spacial score (nSPS) is 10.6. The van der Waals surface area contributed by atoms with E-state index >= 15 is 0 Å². The fraction of sp³-hybridized carbons (Fsp3) is 0.250. The number of primary amides is 1. The van der Waals surface area contributed by atoms with E-state index in [2.05, 4.69) is 15.3 Å². The molecule has 8 heteroatoms. The van der Waals surface area contributed by atoms with Gasteiger partial charge in [-0.1, -0.05) is 0 Å². The molecule has 0 aliphatic carbocycles. The summed E-state index contributed by atoms with van der Waals surface area (Å²) in [6, 6.07) is 4.92. The summed E-state index contributed by atoms with van der Waals surface area (Å²) < 4.78 is 4.98. The summed E-state index contributed by atoms with van der Waals surface area (Å²) in [4.78, 5) is 29.1. The van der Waals surface area contributed by atoms with Gasteiger partial charge in [0, 0.05) is 12.2 Å². The third kappa shape index (κ3) is 3.45. The molecular formula is C12H15N5O3. The molecule has 20 heavy (non-hydrogen) atoms. The minimum Gasteiger partial charge on any atom is -0.399 e. The fourth-order valence-corrected chi connectivity index (χ4v) is 1.65. The van der Waals surface area contributed by atoms with Crippen LogP contribution in [-0.2, 0) is 9.53 Å². The summed E-state index contributed by atoms with van der Waals surface area (Å²) in [6.07, 6.45) is 0. The smallest absolute Gasteiger partial charge is 0.260 e. The van der Waals surface area contributed by atoms with Crippen molar-refractivity contribution in [3.8, 4) is 0 Å². The Morgan fingerprint density at radius 1 is 1.45 bits per heavy atom. The Labute approximate surface area is 114 Å². The summed E-state index contributed by atoms with van der Waals surface area (Å²) in [7, 11) is 0. The van der Waals surface area contributed by atoms with Gasteiger partial charge in [0.15, 0.2) is 0 Å². The largest absolute Gasteiger partial charge is 0.399 e. The molecule has 0 atom stereocenters. The predicted molar refractivity (Wildman–Crippen MR) is 75.3 cm³/mol. The van der Waals surface area contributed by atoms with Gasteiger partial charge in [-0.15, -0.1) is 0 Å². The van der Waals surface area contributed by atoms with Gasteiger partial charge in [0.1, 0.15) is 6.61 Å². The van der Waals surface area contributed by atoms with E-state index in [1.54, 1.807) is 18.2 Å². The highest BCUT2D eigenvalue weighted by molar-refractivity contribution is 5.81. The van der Waals surface area contributed by atoms with Gasteiger partial charge in [-0.25, -0.2) is 4.98 Å². The molecule has 0 saturated heterocycles. The van der Waals surface area contributed by atoms with Crippen LogP contribution in [0.5, 0.6) is 0 Å². The Balaban J connectivity index is 2.03. The molecule has 1 amide bonds. The Morgan fingerprint density at radius 3 is 3.00 bits per heavy atom. The number of carbonyl (C=O) groups excluding carboxylic acids is 1. The van der Waals surface area contributed by atoms with Crippen LogP contribution in [0.3, 0.4) is 0 Å². The number of rotatable bonds is 6. The topological polar surface area (TPSA) is 136 Å². The van der Waals surface area contributed by atoms with Crippen LogP contribution in [0.2, 0.25) is 0 Å². The molecular weight excluding hydrogens is 262 g/mol. The number of ether oxygens (including phenoxy) is 1. The van der Waals surface area contributed by atoms with Crippen LogP contribution >= 0.6 is 0 Å². The molecule has 106 valence electrons. The number of aromatic nitrogens is 2. The van der Waals surface area contributed by atoms with E-state index in [1.165, 1.54) is 0 Å². The molecule has 1 heterocycles. The summed E-state index contributed by atoms with van der Waals surface area (Å²) in [6.45, 7) is 0.520. The zero-order valence-electron chi connectivity index (χ0n) is 10.7. The van der Waals surface area contributed by atoms with Crippen molar-refractivity contribution in [2.45, 2.75) is 0 Å². The molecule has 0 bridgehead atoms. The third-order valence-corrected chi connectivity index (χ3v) is 2.51. The molecule has 0 radical (unpaired) electrons. The van der Waals surface area contributed by atoms with E-state index in [0.717, 1.165) is 0 Å². The molecule has 0 unspecified atom stereocenters. The zero-order valence-corrected chi connectivity index (χ0v) is 10.7. The Hall–Kier alpha value is -2.61. The summed E-state index contributed by atoms with van der Waals surface area (Å²) in [5, 5.41) is 3.32. The monoisotopic (exact) mass is 277 g/mol. The van der Waals surface area contributed by atoms with Crippen LogP contribution in [0.4, 0.5) is 11.6 Å². The second-order valence-electron chi connectivity index (χ2n) is 4.14. The van der Waals surface area contributed by atoms with Crippen molar-refractivity contribution < 1.29 is 9.53 Å². The minimum atomic E-state index is -0.528. The molecule has 6 N–H and O–H groups in total. The van der Waals surface area contributed by atoms with Gasteiger partial charge in [0.25, 0.3) is 5.56 Å². The van der Waals surface area contributed by atoms with Crippen molar-refractivity contribution in [2.24, 2.45) is 5.73 Å². The number of amides is 1. The first-order valence-electron chi connectivity index (χ1n) is 5.96. The standard InChI is InChI=1S/C12H15N5O3/c13-7-1-2-9-8(5-7)11(19)17-12(16-9)15-3-4-20-6-10(14)18/h1-2,5H,3-4,6,13H2,(H2,14,18)(H2,15,16,17,19). The maximum atomic E-state index is 11.8. The van der Waals surface area contributed by atoms with Crippen molar-refractivity contribution in [3.63, 3.8) is 0 Å². The first kappa shape index (κ1) is 13.8. The molecule has 0 aliphatic heterocycles. The van der Waals surface area contributed by atoms with E-state index in [1.807, 2.05) is 0 Å². The number of nitrogen functional groups attached to an aromatic ring is 1. The molecule has 0 aliphatic rings. The number of hydrogen-bond donors (Lipinski definition) is 4.